The number of benzene rings is 1. The topological polar surface area (TPSA) is 120 Å². The van der Waals surface area contributed by atoms with Gasteiger partial charge in [-0.05, 0) is 30.2 Å². The highest BCUT2D eigenvalue weighted by molar-refractivity contribution is 7.21. The third-order valence-electron chi connectivity index (χ3n) is 6.34. The summed E-state index contributed by atoms with van der Waals surface area (Å²) in [5.41, 5.74) is 3.33. The van der Waals surface area contributed by atoms with Crippen LogP contribution in [0.5, 0.6) is 0 Å². The van der Waals surface area contributed by atoms with E-state index in [1.807, 2.05) is 36.4 Å². The lowest BCUT2D eigenvalue weighted by Gasteiger charge is -2.28. The number of pyridine rings is 1. The number of hydrogen-bond donors (Lipinski definition) is 2. The SMILES string of the molecule is C=CC(=O)N1CCC=C(NC(=O)c2sc3nccc4c3c2NC(=O)N4c2cc(-c3ccccc3)cnn2)C1. The first kappa shape index (κ1) is 23.5. The first-order valence-corrected chi connectivity index (χ1v) is 12.7. The quantitative estimate of drug-likeness (QED) is 0.373. The van der Waals surface area contributed by atoms with Crippen LogP contribution in [0.25, 0.3) is 21.3 Å². The molecule has 2 aliphatic heterocycles. The van der Waals surface area contributed by atoms with Crippen molar-refractivity contribution in [3.8, 4) is 11.1 Å². The van der Waals surface area contributed by atoms with Crippen molar-refractivity contribution < 1.29 is 14.4 Å². The maximum absolute atomic E-state index is 13.4. The summed E-state index contributed by atoms with van der Waals surface area (Å²) in [6.45, 7) is 4.37. The van der Waals surface area contributed by atoms with Crippen LogP contribution in [0.2, 0.25) is 0 Å². The van der Waals surface area contributed by atoms with E-state index in [1.54, 1.807) is 29.4 Å². The van der Waals surface area contributed by atoms with E-state index in [2.05, 4.69) is 32.4 Å². The lowest BCUT2D eigenvalue weighted by atomic mass is 10.1. The number of nitrogens with one attached hydrogen (secondary N) is 2. The third-order valence-corrected chi connectivity index (χ3v) is 7.44. The number of aromatic nitrogens is 3. The van der Waals surface area contributed by atoms with Gasteiger partial charge in [-0.15, -0.1) is 16.4 Å². The van der Waals surface area contributed by atoms with Gasteiger partial charge in [0.15, 0.2) is 5.82 Å². The molecule has 0 radical (unpaired) electrons. The predicted octanol–water partition coefficient (Wildman–Crippen LogP) is 4.47. The summed E-state index contributed by atoms with van der Waals surface area (Å²) >= 11 is 1.19. The Bertz CT molecular complexity index is 1650. The van der Waals surface area contributed by atoms with E-state index in [-0.39, 0.29) is 18.4 Å². The van der Waals surface area contributed by atoms with Crippen LogP contribution in [0.4, 0.5) is 22.0 Å². The molecule has 188 valence electrons. The van der Waals surface area contributed by atoms with Gasteiger partial charge in [0.1, 0.15) is 9.71 Å². The van der Waals surface area contributed by atoms with Crippen molar-refractivity contribution >= 4 is 56.6 Å². The number of urea groups is 1. The second-order valence-corrected chi connectivity index (χ2v) is 9.69. The first-order valence-electron chi connectivity index (χ1n) is 11.9. The number of amides is 4. The Morgan fingerprint density at radius 2 is 2.00 bits per heavy atom. The molecule has 2 aliphatic rings. The van der Waals surface area contributed by atoms with Crippen molar-refractivity contribution in [2.45, 2.75) is 6.42 Å². The maximum Gasteiger partial charge on any atom is 0.332 e. The van der Waals surface area contributed by atoms with E-state index in [0.717, 1.165) is 11.1 Å². The molecule has 5 heterocycles. The second kappa shape index (κ2) is 9.52. The molecule has 3 aromatic heterocycles. The lowest BCUT2D eigenvalue weighted by molar-refractivity contribution is -0.125. The van der Waals surface area contributed by atoms with Crippen LogP contribution in [0.15, 0.2) is 79.3 Å². The van der Waals surface area contributed by atoms with Gasteiger partial charge in [0.25, 0.3) is 5.91 Å². The van der Waals surface area contributed by atoms with Crippen LogP contribution in [-0.4, -0.2) is 51.0 Å². The Kier molecular flexibility index (Phi) is 5.89. The number of hydrogen-bond acceptors (Lipinski definition) is 7. The molecule has 0 saturated heterocycles. The zero-order chi connectivity index (χ0) is 26.2. The van der Waals surface area contributed by atoms with Crippen LogP contribution in [-0.2, 0) is 4.79 Å². The second-order valence-electron chi connectivity index (χ2n) is 8.69. The van der Waals surface area contributed by atoms with E-state index in [0.29, 0.717) is 50.9 Å². The molecule has 38 heavy (non-hydrogen) atoms. The molecule has 0 aliphatic carbocycles. The molecule has 0 unspecified atom stereocenters. The van der Waals surface area contributed by atoms with Gasteiger partial charge in [0.2, 0.25) is 5.91 Å². The Balaban J connectivity index is 1.35. The van der Waals surface area contributed by atoms with Crippen molar-refractivity contribution in [1.29, 1.82) is 0 Å². The largest absolute Gasteiger partial charge is 0.333 e. The molecule has 0 atom stereocenters. The van der Waals surface area contributed by atoms with Gasteiger partial charge in [-0.25, -0.2) is 14.7 Å². The number of carbonyl (C=O) groups excluding carboxylic acids is 3. The monoisotopic (exact) mass is 523 g/mol. The summed E-state index contributed by atoms with van der Waals surface area (Å²) < 4.78 is 0. The summed E-state index contributed by atoms with van der Waals surface area (Å²) in [7, 11) is 0. The molecule has 10 nitrogen and oxygen atoms in total. The Hall–Kier alpha value is -4.90. The third kappa shape index (κ3) is 4.08. The smallest absolute Gasteiger partial charge is 0.332 e. The van der Waals surface area contributed by atoms with Crippen molar-refractivity contribution in [1.82, 2.24) is 25.4 Å². The fourth-order valence-corrected chi connectivity index (χ4v) is 5.59. The maximum atomic E-state index is 13.4. The molecule has 0 fully saturated rings. The molecule has 6 rings (SSSR count). The first-order chi connectivity index (χ1) is 18.5. The minimum Gasteiger partial charge on any atom is -0.333 e. The van der Waals surface area contributed by atoms with Gasteiger partial charge in [0, 0.05) is 24.0 Å². The molecule has 4 amide bonds. The van der Waals surface area contributed by atoms with Crippen LogP contribution in [0.1, 0.15) is 16.1 Å². The Morgan fingerprint density at radius 1 is 1.16 bits per heavy atom. The van der Waals surface area contributed by atoms with Crippen molar-refractivity contribution in [2.75, 3.05) is 23.3 Å². The standard InChI is InChI=1S/C27H21N7O3S/c1-2-21(35)33-12-6-9-18(15-33)30-25(36)24-23-22-19(10-11-28-26(22)38-24)34(27(37)31-23)20-13-17(14-29-32-20)16-7-4-3-5-8-16/h2-5,7-11,13-14H,1,6,12,15H2,(H,30,36)(H,31,37). The molecular weight excluding hydrogens is 502 g/mol. The summed E-state index contributed by atoms with van der Waals surface area (Å²) in [6, 6.07) is 12.8. The normalized spacial score (nSPS) is 14.6. The number of nitrogens with zero attached hydrogens (tertiary/aromatic N) is 5. The Labute approximate surface area is 221 Å². The Morgan fingerprint density at radius 3 is 2.82 bits per heavy atom. The summed E-state index contributed by atoms with van der Waals surface area (Å²) in [4.78, 5) is 47.2. The van der Waals surface area contributed by atoms with E-state index in [4.69, 9.17) is 0 Å². The fourth-order valence-electron chi connectivity index (χ4n) is 4.58. The van der Waals surface area contributed by atoms with Gasteiger partial charge < -0.3 is 15.5 Å². The number of thiophene rings is 1. The van der Waals surface area contributed by atoms with Crippen LogP contribution in [0, 0.1) is 0 Å². The van der Waals surface area contributed by atoms with Gasteiger partial charge >= 0.3 is 6.03 Å². The zero-order valence-corrected chi connectivity index (χ0v) is 20.9. The van der Waals surface area contributed by atoms with E-state index < -0.39 is 6.03 Å². The van der Waals surface area contributed by atoms with Gasteiger partial charge in [-0.2, -0.15) is 5.10 Å². The number of rotatable bonds is 5. The fraction of sp³-hybridized carbons (Fsp3) is 0.111. The molecule has 0 saturated carbocycles. The van der Waals surface area contributed by atoms with Crippen molar-refractivity contribution in [3.05, 3.63) is 84.2 Å². The van der Waals surface area contributed by atoms with E-state index >= 15 is 0 Å². The average molecular weight is 524 g/mol. The van der Waals surface area contributed by atoms with E-state index in [9.17, 15) is 14.4 Å². The zero-order valence-electron chi connectivity index (χ0n) is 20.0. The molecule has 2 N–H and O–H groups in total. The lowest BCUT2D eigenvalue weighted by Crippen LogP contribution is -2.39. The van der Waals surface area contributed by atoms with Gasteiger partial charge in [0.05, 0.1) is 29.5 Å². The highest BCUT2D eigenvalue weighted by atomic mass is 32.1. The summed E-state index contributed by atoms with van der Waals surface area (Å²) in [5, 5.41) is 14.8. The minimum absolute atomic E-state index is 0.192. The molecule has 0 spiro atoms. The summed E-state index contributed by atoms with van der Waals surface area (Å²) in [6.07, 6.45) is 7.02. The molecule has 11 heteroatoms. The van der Waals surface area contributed by atoms with Crippen LogP contribution < -0.4 is 15.5 Å². The van der Waals surface area contributed by atoms with Crippen molar-refractivity contribution in [3.63, 3.8) is 0 Å². The minimum atomic E-state index is -0.461. The van der Waals surface area contributed by atoms with Crippen molar-refractivity contribution in [2.24, 2.45) is 0 Å². The van der Waals surface area contributed by atoms with Gasteiger partial charge in [-0.1, -0.05) is 43.0 Å². The predicted molar refractivity (Wildman–Crippen MR) is 145 cm³/mol. The van der Waals surface area contributed by atoms with Gasteiger partial charge in [-0.3, -0.25) is 9.59 Å². The van der Waals surface area contributed by atoms with Crippen LogP contribution in [0.3, 0.4) is 0 Å². The number of anilines is 3. The molecular formula is C27H21N7O3S. The average Bonchev–Trinajstić information content (AvgIpc) is 3.33. The molecule has 4 aromatic rings. The summed E-state index contributed by atoms with van der Waals surface area (Å²) in [5.74, 6) is -0.228. The van der Waals surface area contributed by atoms with Crippen LogP contribution >= 0.6 is 11.3 Å². The number of carbonyl (C=O) groups is 3. The molecule has 1 aromatic carbocycles. The van der Waals surface area contributed by atoms with E-state index in [1.165, 1.54) is 22.3 Å². The highest BCUT2D eigenvalue weighted by Gasteiger charge is 2.34. The molecule has 0 bridgehead atoms. The highest BCUT2D eigenvalue weighted by Crippen LogP contribution is 2.45.